The second-order valence-corrected chi connectivity index (χ2v) is 2.95. The Morgan fingerprint density at radius 3 is 2.22 bits per heavy atom. The van der Waals surface area contributed by atoms with E-state index in [2.05, 4.69) is 0 Å². The van der Waals surface area contributed by atoms with Crippen molar-refractivity contribution >= 4 is 5.78 Å². The lowest BCUT2D eigenvalue weighted by Gasteiger charge is -2.09. The molecule has 0 saturated heterocycles. The summed E-state index contributed by atoms with van der Waals surface area (Å²) in [7, 11) is 0. The number of aliphatic hydroxyl groups is 1. The van der Waals surface area contributed by atoms with Crippen molar-refractivity contribution in [3.05, 3.63) is 0 Å². The highest BCUT2D eigenvalue weighted by molar-refractivity contribution is 5.85. The lowest BCUT2D eigenvalue weighted by molar-refractivity contribution is -0.125. The molecule has 1 aliphatic rings. The lowest BCUT2D eigenvalue weighted by atomic mass is 10.00. The van der Waals surface area contributed by atoms with Crippen LogP contribution in [-0.2, 0) is 4.79 Å². The van der Waals surface area contributed by atoms with Gasteiger partial charge in [-0.3, -0.25) is 4.79 Å². The van der Waals surface area contributed by atoms with E-state index in [-0.39, 0.29) is 11.7 Å². The fraction of sp³-hybridized carbons (Fsp3) is 0.857. The number of ketones is 1. The Bertz CT molecular complexity index is 131. The van der Waals surface area contributed by atoms with Crippen LogP contribution in [0, 0.1) is 11.8 Å². The molecule has 2 nitrogen and oxygen atoms in total. The average molecular weight is 128 g/mol. The second-order valence-electron chi connectivity index (χ2n) is 2.95. The molecule has 9 heavy (non-hydrogen) atoms. The fourth-order valence-electron chi connectivity index (χ4n) is 1.23. The third kappa shape index (κ3) is 0.990. The Morgan fingerprint density at radius 2 is 2.11 bits per heavy atom. The largest absolute Gasteiger partial charge is 0.385 e. The van der Waals surface area contributed by atoms with Crippen molar-refractivity contribution in [2.45, 2.75) is 26.4 Å². The Morgan fingerprint density at radius 1 is 1.56 bits per heavy atom. The predicted molar refractivity (Wildman–Crippen MR) is 34.0 cm³/mol. The van der Waals surface area contributed by atoms with Crippen LogP contribution in [0.15, 0.2) is 0 Å². The van der Waals surface area contributed by atoms with Gasteiger partial charge in [-0.2, -0.15) is 0 Å². The molecule has 1 fully saturated rings. The highest BCUT2D eigenvalue weighted by Crippen LogP contribution is 2.27. The van der Waals surface area contributed by atoms with Crippen LogP contribution in [0.3, 0.4) is 0 Å². The standard InChI is InChI=1S/C7H12O2/c1-4-3-6(8)7(9)5(4)2/h4-5,7,9H,3H2,1-2H3/t4?,5-,7?/m1/s1. The summed E-state index contributed by atoms with van der Waals surface area (Å²) in [5.74, 6) is 0.542. The van der Waals surface area contributed by atoms with Gasteiger partial charge in [0.1, 0.15) is 6.10 Å². The second kappa shape index (κ2) is 2.10. The Balaban J connectivity index is 2.65. The maximum Gasteiger partial charge on any atom is 0.161 e. The Labute approximate surface area is 54.9 Å². The molecule has 0 amide bonds. The van der Waals surface area contributed by atoms with Gasteiger partial charge in [0.25, 0.3) is 0 Å². The predicted octanol–water partition coefficient (Wildman–Crippen LogP) is 0.592. The zero-order chi connectivity index (χ0) is 7.02. The molecule has 0 aromatic heterocycles. The molecular weight excluding hydrogens is 116 g/mol. The number of rotatable bonds is 0. The van der Waals surface area contributed by atoms with Gasteiger partial charge in [0.2, 0.25) is 0 Å². The van der Waals surface area contributed by atoms with Crippen LogP contribution in [0.4, 0.5) is 0 Å². The first-order valence-corrected chi connectivity index (χ1v) is 3.33. The van der Waals surface area contributed by atoms with Crippen LogP contribution in [-0.4, -0.2) is 17.0 Å². The number of Topliss-reactive ketones (excluding diaryl/α,β-unsaturated/α-hetero) is 1. The molecule has 1 N–H and O–H groups in total. The monoisotopic (exact) mass is 128 g/mol. The van der Waals surface area contributed by atoms with Crippen LogP contribution in [0.5, 0.6) is 0 Å². The Kier molecular flexibility index (Phi) is 1.58. The molecule has 0 spiro atoms. The van der Waals surface area contributed by atoms with Gasteiger partial charge in [-0.05, 0) is 11.8 Å². The first-order chi connectivity index (χ1) is 4.13. The molecule has 2 unspecified atom stereocenters. The van der Waals surface area contributed by atoms with E-state index in [1.54, 1.807) is 0 Å². The maximum absolute atomic E-state index is 10.7. The van der Waals surface area contributed by atoms with Crippen molar-refractivity contribution in [3.8, 4) is 0 Å². The topological polar surface area (TPSA) is 37.3 Å². The van der Waals surface area contributed by atoms with Crippen LogP contribution in [0.25, 0.3) is 0 Å². The van der Waals surface area contributed by atoms with Crippen LogP contribution in [0.1, 0.15) is 20.3 Å². The minimum atomic E-state index is -0.681. The number of carbonyl (C=O) groups is 1. The number of aliphatic hydroxyl groups excluding tert-OH is 1. The zero-order valence-corrected chi connectivity index (χ0v) is 5.79. The third-order valence-corrected chi connectivity index (χ3v) is 2.25. The SMILES string of the molecule is CC1CC(=O)C(O)[C@@H]1C. The van der Waals surface area contributed by atoms with Gasteiger partial charge in [-0.1, -0.05) is 13.8 Å². The van der Waals surface area contributed by atoms with Crippen molar-refractivity contribution < 1.29 is 9.90 Å². The third-order valence-electron chi connectivity index (χ3n) is 2.25. The van der Waals surface area contributed by atoms with E-state index in [0.717, 1.165) is 0 Å². The minimum absolute atomic E-state index is 0.00926. The van der Waals surface area contributed by atoms with E-state index in [1.165, 1.54) is 0 Å². The van der Waals surface area contributed by atoms with Crippen molar-refractivity contribution in [3.63, 3.8) is 0 Å². The van der Waals surface area contributed by atoms with E-state index in [1.807, 2.05) is 13.8 Å². The van der Waals surface area contributed by atoms with E-state index < -0.39 is 6.10 Å². The van der Waals surface area contributed by atoms with Gasteiger partial charge in [-0.25, -0.2) is 0 Å². The molecule has 0 radical (unpaired) electrons. The molecule has 1 rings (SSSR count). The summed E-state index contributed by atoms with van der Waals surface area (Å²) in [5.41, 5.74) is 0. The molecule has 1 saturated carbocycles. The van der Waals surface area contributed by atoms with Gasteiger partial charge in [-0.15, -0.1) is 0 Å². The molecule has 0 aliphatic heterocycles. The van der Waals surface area contributed by atoms with Gasteiger partial charge < -0.3 is 5.11 Å². The molecule has 0 aromatic carbocycles. The molecule has 3 atom stereocenters. The van der Waals surface area contributed by atoms with E-state index >= 15 is 0 Å². The van der Waals surface area contributed by atoms with Gasteiger partial charge >= 0.3 is 0 Å². The Hall–Kier alpha value is -0.370. The van der Waals surface area contributed by atoms with Gasteiger partial charge in [0.15, 0.2) is 5.78 Å². The molecule has 2 heteroatoms. The summed E-state index contributed by atoms with van der Waals surface area (Å²) >= 11 is 0. The van der Waals surface area contributed by atoms with Crippen LogP contribution in [0.2, 0.25) is 0 Å². The normalized spacial score (nSPS) is 43.9. The summed E-state index contributed by atoms with van der Waals surface area (Å²) in [5, 5.41) is 9.09. The number of hydrogen-bond acceptors (Lipinski definition) is 2. The quantitative estimate of drug-likeness (QED) is 0.518. The summed E-state index contributed by atoms with van der Waals surface area (Å²) < 4.78 is 0. The van der Waals surface area contributed by atoms with Crippen LogP contribution >= 0.6 is 0 Å². The summed E-state index contributed by atoms with van der Waals surface area (Å²) in [6.45, 7) is 3.92. The average Bonchev–Trinajstić information content (AvgIpc) is 1.98. The summed E-state index contributed by atoms with van der Waals surface area (Å²) in [6.07, 6.45) is -0.123. The fourth-order valence-corrected chi connectivity index (χ4v) is 1.23. The summed E-state index contributed by atoms with van der Waals surface area (Å²) in [4.78, 5) is 10.7. The van der Waals surface area contributed by atoms with Gasteiger partial charge in [0, 0.05) is 6.42 Å². The molecule has 0 bridgehead atoms. The first kappa shape index (κ1) is 6.75. The van der Waals surface area contributed by atoms with Crippen molar-refractivity contribution in [1.29, 1.82) is 0 Å². The van der Waals surface area contributed by atoms with Crippen LogP contribution < -0.4 is 0 Å². The van der Waals surface area contributed by atoms with E-state index in [9.17, 15) is 4.79 Å². The highest BCUT2D eigenvalue weighted by Gasteiger charge is 2.35. The van der Waals surface area contributed by atoms with E-state index in [4.69, 9.17) is 5.11 Å². The first-order valence-electron chi connectivity index (χ1n) is 3.33. The summed E-state index contributed by atoms with van der Waals surface area (Å²) in [6, 6.07) is 0. The van der Waals surface area contributed by atoms with E-state index in [0.29, 0.717) is 12.3 Å². The number of carbonyl (C=O) groups excluding carboxylic acids is 1. The van der Waals surface area contributed by atoms with Gasteiger partial charge in [0.05, 0.1) is 0 Å². The molecule has 0 aromatic rings. The van der Waals surface area contributed by atoms with Crippen molar-refractivity contribution in [2.24, 2.45) is 11.8 Å². The number of hydrogen-bond donors (Lipinski definition) is 1. The van der Waals surface area contributed by atoms with Crippen molar-refractivity contribution in [2.75, 3.05) is 0 Å². The maximum atomic E-state index is 10.7. The highest BCUT2D eigenvalue weighted by atomic mass is 16.3. The molecular formula is C7H12O2. The van der Waals surface area contributed by atoms with Crippen molar-refractivity contribution in [1.82, 2.24) is 0 Å². The molecule has 0 heterocycles. The zero-order valence-electron chi connectivity index (χ0n) is 5.79. The molecule has 52 valence electrons. The smallest absolute Gasteiger partial charge is 0.161 e. The lowest BCUT2D eigenvalue weighted by Crippen LogP contribution is -2.19. The minimum Gasteiger partial charge on any atom is -0.385 e. The molecule has 1 aliphatic carbocycles.